The SMILES string of the molecule is O=C(CCN1C(=O)CSc2ccccc21)OCCOc1ccc(Cl)cc1. The number of rotatable bonds is 7. The van der Waals surface area contributed by atoms with E-state index in [1.54, 1.807) is 29.2 Å². The Labute approximate surface area is 161 Å². The Hall–Kier alpha value is -2.18. The summed E-state index contributed by atoms with van der Waals surface area (Å²) in [4.78, 5) is 26.8. The van der Waals surface area contributed by atoms with Gasteiger partial charge in [0.05, 0.1) is 17.9 Å². The lowest BCUT2D eigenvalue weighted by Crippen LogP contribution is -2.37. The van der Waals surface area contributed by atoms with Gasteiger partial charge >= 0.3 is 5.97 Å². The van der Waals surface area contributed by atoms with Crippen molar-refractivity contribution >= 4 is 40.9 Å². The lowest BCUT2D eigenvalue weighted by Gasteiger charge is -2.28. The van der Waals surface area contributed by atoms with Crippen LogP contribution in [0.1, 0.15) is 6.42 Å². The summed E-state index contributed by atoms with van der Waals surface area (Å²) in [5.41, 5.74) is 0.854. The number of hydrogen-bond donors (Lipinski definition) is 0. The number of carbonyl (C=O) groups excluding carboxylic acids is 2. The van der Waals surface area contributed by atoms with Crippen molar-refractivity contribution in [3.63, 3.8) is 0 Å². The molecule has 0 aromatic heterocycles. The van der Waals surface area contributed by atoms with Gasteiger partial charge in [-0.25, -0.2) is 0 Å². The van der Waals surface area contributed by atoms with Gasteiger partial charge in [-0.1, -0.05) is 23.7 Å². The molecule has 1 aliphatic rings. The minimum atomic E-state index is -0.354. The van der Waals surface area contributed by atoms with Crippen LogP contribution in [0.25, 0.3) is 0 Å². The number of esters is 1. The number of amides is 1. The third kappa shape index (κ3) is 4.93. The van der Waals surface area contributed by atoms with Crippen molar-refractivity contribution in [3.8, 4) is 5.75 Å². The van der Waals surface area contributed by atoms with E-state index in [0.717, 1.165) is 10.6 Å². The third-order valence-electron chi connectivity index (χ3n) is 3.78. The lowest BCUT2D eigenvalue weighted by atomic mass is 10.2. The Morgan fingerprint density at radius 2 is 1.88 bits per heavy atom. The molecule has 0 N–H and O–H groups in total. The fourth-order valence-corrected chi connectivity index (χ4v) is 3.58. The number of hydrogen-bond acceptors (Lipinski definition) is 5. The van der Waals surface area contributed by atoms with E-state index in [9.17, 15) is 9.59 Å². The van der Waals surface area contributed by atoms with Gasteiger partial charge in [-0.2, -0.15) is 0 Å². The predicted octanol–water partition coefficient (Wildman–Crippen LogP) is 3.79. The molecule has 136 valence electrons. The van der Waals surface area contributed by atoms with E-state index in [2.05, 4.69) is 0 Å². The molecule has 3 rings (SSSR count). The van der Waals surface area contributed by atoms with Gasteiger partial charge in [0.25, 0.3) is 0 Å². The van der Waals surface area contributed by atoms with E-state index < -0.39 is 0 Å². The van der Waals surface area contributed by atoms with Crippen molar-refractivity contribution in [2.45, 2.75) is 11.3 Å². The van der Waals surface area contributed by atoms with E-state index in [-0.39, 0.29) is 31.5 Å². The third-order valence-corrected chi connectivity index (χ3v) is 5.08. The fourth-order valence-electron chi connectivity index (χ4n) is 2.52. The minimum Gasteiger partial charge on any atom is -0.490 e. The van der Waals surface area contributed by atoms with Gasteiger partial charge in [0.1, 0.15) is 19.0 Å². The molecule has 5 nitrogen and oxygen atoms in total. The van der Waals surface area contributed by atoms with E-state index in [0.29, 0.717) is 23.1 Å². The zero-order chi connectivity index (χ0) is 18.4. The maximum atomic E-state index is 12.1. The first-order valence-corrected chi connectivity index (χ1v) is 9.56. The molecule has 0 radical (unpaired) electrons. The Bertz CT molecular complexity index is 781. The topological polar surface area (TPSA) is 55.8 Å². The number of fused-ring (bicyclic) bond motifs is 1. The highest BCUT2D eigenvalue weighted by Gasteiger charge is 2.24. The van der Waals surface area contributed by atoms with Crippen LogP contribution in [-0.4, -0.2) is 37.4 Å². The summed E-state index contributed by atoms with van der Waals surface area (Å²) in [7, 11) is 0. The monoisotopic (exact) mass is 391 g/mol. The lowest BCUT2D eigenvalue weighted by molar-refractivity contribution is -0.144. The number of ether oxygens (including phenoxy) is 2. The van der Waals surface area contributed by atoms with E-state index in [1.807, 2.05) is 24.3 Å². The van der Waals surface area contributed by atoms with Crippen LogP contribution in [-0.2, 0) is 14.3 Å². The summed E-state index contributed by atoms with van der Waals surface area (Å²) in [5, 5.41) is 0.635. The van der Waals surface area contributed by atoms with Gasteiger partial charge in [-0.05, 0) is 36.4 Å². The highest BCUT2D eigenvalue weighted by molar-refractivity contribution is 8.00. The maximum Gasteiger partial charge on any atom is 0.307 e. The molecule has 0 saturated heterocycles. The van der Waals surface area contributed by atoms with Gasteiger partial charge in [0.15, 0.2) is 0 Å². The molecule has 1 heterocycles. The van der Waals surface area contributed by atoms with Crippen LogP contribution in [0.2, 0.25) is 5.02 Å². The van der Waals surface area contributed by atoms with Crippen molar-refractivity contribution in [1.82, 2.24) is 0 Å². The van der Waals surface area contributed by atoms with Crippen LogP contribution >= 0.6 is 23.4 Å². The van der Waals surface area contributed by atoms with E-state index in [4.69, 9.17) is 21.1 Å². The second-order valence-electron chi connectivity index (χ2n) is 5.57. The summed E-state index contributed by atoms with van der Waals surface area (Å²) in [6, 6.07) is 14.7. The van der Waals surface area contributed by atoms with E-state index in [1.165, 1.54) is 11.8 Å². The minimum absolute atomic E-state index is 0.00701. The molecule has 1 aliphatic heterocycles. The Morgan fingerprint density at radius 1 is 1.12 bits per heavy atom. The molecule has 2 aromatic carbocycles. The number of para-hydroxylation sites is 1. The summed E-state index contributed by atoms with van der Waals surface area (Å²) in [6.45, 7) is 0.727. The average molecular weight is 392 g/mol. The number of benzene rings is 2. The number of thioether (sulfide) groups is 1. The summed E-state index contributed by atoms with van der Waals surface area (Å²) in [6.07, 6.45) is 0.145. The number of anilines is 1. The quantitative estimate of drug-likeness (QED) is 0.531. The second-order valence-corrected chi connectivity index (χ2v) is 7.03. The number of nitrogens with zero attached hydrogens (tertiary/aromatic N) is 1. The normalized spacial score (nSPS) is 13.3. The standard InChI is InChI=1S/C19H18ClNO4S/c20-14-5-7-15(8-6-14)24-11-12-25-19(23)9-10-21-16-3-1-2-4-17(16)26-13-18(21)22/h1-8H,9-13H2. The molecule has 0 spiro atoms. The summed E-state index contributed by atoms with van der Waals surface area (Å²) >= 11 is 7.32. The van der Waals surface area contributed by atoms with Crippen LogP contribution in [0.15, 0.2) is 53.4 Å². The highest BCUT2D eigenvalue weighted by atomic mass is 35.5. The molecular formula is C19H18ClNO4S. The van der Waals surface area contributed by atoms with E-state index >= 15 is 0 Å². The van der Waals surface area contributed by atoms with Gasteiger partial charge in [0.2, 0.25) is 5.91 Å². The molecular weight excluding hydrogens is 374 g/mol. The molecule has 0 aliphatic carbocycles. The van der Waals surface area contributed by atoms with Crippen LogP contribution in [0, 0.1) is 0 Å². The van der Waals surface area contributed by atoms with Crippen LogP contribution in [0.5, 0.6) is 5.75 Å². The summed E-state index contributed by atoms with van der Waals surface area (Å²) in [5.74, 6) is 0.709. The van der Waals surface area contributed by atoms with Crippen LogP contribution in [0.3, 0.4) is 0 Å². The Morgan fingerprint density at radius 3 is 2.69 bits per heavy atom. The van der Waals surface area contributed by atoms with Gasteiger partial charge < -0.3 is 14.4 Å². The van der Waals surface area contributed by atoms with Gasteiger partial charge in [-0.15, -0.1) is 11.8 Å². The van der Waals surface area contributed by atoms with Crippen molar-refractivity contribution in [2.24, 2.45) is 0 Å². The van der Waals surface area contributed by atoms with Gasteiger partial charge in [0, 0.05) is 16.5 Å². The van der Waals surface area contributed by atoms with Crippen LogP contribution in [0.4, 0.5) is 5.69 Å². The molecule has 1 amide bonds. The molecule has 26 heavy (non-hydrogen) atoms. The van der Waals surface area contributed by atoms with Crippen LogP contribution < -0.4 is 9.64 Å². The highest BCUT2D eigenvalue weighted by Crippen LogP contribution is 2.34. The zero-order valence-corrected chi connectivity index (χ0v) is 15.6. The smallest absolute Gasteiger partial charge is 0.307 e. The predicted molar refractivity (Wildman–Crippen MR) is 102 cm³/mol. The maximum absolute atomic E-state index is 12.1. The fraction of sp³-hybridized carbons (Fsp3) is 0.263. The number of carbonyl (C=O) groups is 2. The number of halogens is 1. The molecule has 2 aromatic rings. The molecule has 0 atom stereocenters. The van der Waals surface area contributed by atoms with Crippen molar-refractivity contribution in [2.75, 3.05) is 30.4 Å². The molecule has 0 unspecified atom stereocenters. The molecule has 0 fully saturated rings. The molecule has 0 bridgehead atoms. The van der Waals surface area contributed by atoms with Crippen molar-refractivity contribution in [3.05, 3.63) is 53.6 Å². The molecule has 0 saturated carbocycles. The first-order chi connectivity index (χ1) is 12.6. The van der Waals surface area contributed by atoms with Crippen molar-refractivity contribution < 1.29 is 19.1 Å². The Kier molecular flexibility index (Phi) is 6.41. The van der Waals surface area contributed by atoms with Gasteiger partial charge in [-0.3, -0.25) is 9.59 Å². The zero-order valence-electron chi connectivity index (χ0n) is 14.0. The molecule has 7 heteroatoms. The average Bonchev–Trinajstić information content (AvgIpc) is 2.66. The largest absolute Gasteiger partial charge is 0.490 e. The second kappa shape index (κ2) is 8.96. The first kappa shape index (κ1) is 18.6. The first-order valence-electron chi connectivity index (χ1n) is 8.19. The summed E-state index contributed by atoms with van der Waals surface area (Å²) < 4.78 is 10.6. The Balaban J connectivity index is 1.41. The van der Waals surface area contributed by atoms with Crippen molar-refractivity contribution in [1.29, 1.82) is 0 Å².